The van der Waals surface area contributed by atoms with Gasteiger partial charge in [0.15, 0.2) is 6.10 Å². The summed E-state index contributed by atoms with van der Waals surface area (Å²) in [7, 11) is 1.17. The first kappa shape index (κ1) is 58.0. The van der Waals surface area contributed by atoms with E-state index in [0.717, 1.165) is 64.2 Å². The van der Waals surface area contributed by atoms with Crippen LogP contribution >= 0.6 is 7.82 Å². The fourth-order valence-corrected chi connectivity index (χ4v) is 7.32. The predicted octanol–water partition coefficient (Wildman–Crippen LogP) is 13.6. The van der Waals surface area contributed by atoms with E-state index in [1.165, 1.54) is 109 Å². The van der Waals surface area contributed by atoms with Crippen molar-refractivity contribution in [3.05, 3.63) is 48.6 Å². The average Bonchev–Trinajstić information content (AvgIpc) is 3.20. The number of carbonyl (C=O) groups excluding carboxylic acids is 2. The van der Waals surface area contributed by atoms with Crippen molar-refractivity contribution in [2.45, 2.75) is 213 Å². The van der Waals surface area contributed by atoms with E-state index in [2.05, 4.69) is 62.5 Å². The maximum Gasteiger partial charge on any atom is 0.306 e. The second kappa shape index (κ2) is 42.3. The molecular formula is C50H92NO8P. The molecule has 0 aliphatic heterocycles. The van der Waals surface area contributed by atoms with Crippen molar-refractivity contribution in [3.63, 3.8) is 0 Å². The fourth-order valence-electron chi connectivity index (χ4n) is 6.59. The smallest absolute Gasteiger partial charge is 0.306 e. The number of hydrogen-bond acceptors (Lipinski definition) is 8. The van der Waals surface area contributed by atoms with Crippen LogP contribution in [0.15, 0.2) is 48.6 Å². The third kappa shape index (κ3) is 45.5. The molecule has 2 unspecified atom stereocenters. The van der Waals surface area contributed by atoms with E-state index >= 15 is 0 Å². The van der Waals surface area contributed by atoms with Gasteiger partial charge in [0, 0.05) is 12.8 Å². The van der Waals surface area contributed by atoms with Crippen molar-refractivity contribution in [1.29, 1.82) is 0 Å². The van der Waals surface area contributed by atoms with Crippen molar-refractivity contribution in [3.8, 4) is 0 Å². The molecule has 0 saturated carbocycles. The average molecular weight is 866 g/mol. The van der Waals surface area contributed by atoms with Gasteiger partial charge in [-0.1, -0.05) is 191 Å². The molecule has 350 valence electrons. The van der Waals surface area contributed by atoms with Gasteiger partial charge in [0.2, 0.25) is 0 Å². The molecule has 2 atom stereocenters. The zero-order chi connectivity index (χ0) is 44.3. The van der Waals surface area contributed by atoms with Crippen LogP contribution in [0.2, 0.25) is 0 Å². The number of nitrogens with zero attached hydrogens (tertiary/aromatic N) is 1. The van der Waals surface area contributed by atoms with Crippen LogP contribution in [-0.2, 0) is 32.7 Å². The summed E-state index contributed by atoms with van der Waals surface area (Å²) in [6.45, 7) is 4.10. The minimum Gasteiger partial charge on any atom is -0.756 e. The van der Waals surface area contributed by atoms with Crippen molar-refractivity contribution in [1.82, 2.24) is 0 Å². The highest BCUT2D eigenvalue weighted by Gasteiger charge is 2.21. The molecule has 9 nitrogen and oxygen atoms in total. The van der Waals surface area contributed by atoms with Gasteiger partial charge in [-0.2, -0.15) is 0 Å². The quantitative estimate of drug-likeness (QED) is 0.0196. The van der Waals surface area contributed by atoms with Crippen LogP contribution in [0.1, 0.15) is 206 Å². The van der Waals surface area contributed by atoms with E-state index in [9.17, 15) is 19.0 Å². The molecule has 0 rings (SSSR count). The van der Waals surface area contributed by atoms with Crippen LogP contribution in [0.4, 0.5) is 0 Å². The maximum absolute atomic E-state index is 12.7. The summed E-state index contributed by atoms with van der Waals surface area (Å²) >= 11 is 0. The minimum atomic E-state index is -4.62. The fraction of sp³-hybridized carbons (Fsp3) is 0.800. The summed E-state index contributed by atoms with van der Waals surface area (Å²) in [5.74, 6) is -0.834. The summed E-state index contributed by atoms with van der Waals surface area (Å²) in [6.07, 6.45) is 50.1. The molecule has 0 spiro atoms. The van der Waals surface area contributed by atoms with E-state index in [0.29, 0.717) is 17.4 Å². The Kier molecular flexibility index (Phi) is 40.8. The molecule has 0 heterocycles. The molecule has 0 fully saturated rings. The van der Waals surface area contributed by atoms with Crippen molar-refractivity contribution in [2.24, 2.45) is 0 Å². The van der Waals surface area contributed by atoms with E-state index in [-0.39, 0.29) is 32.0 Å². The number of allylic oxidation sites excluding steroid dienone is 8. The Morgan fingerprint density at radius 1 is 0.533 bits per heavy atom. The number of phosphoric ester groups is 1. The third-order valence-electron chi connectivity index (χ3n) is 10.4. The molecular weight excluding hydrogens is 774 g/mol. The molecule has 0 aliphatic rings. The van der Waals surface area contributed by atoms with Gasteiger partial charge in [0.25, 0.3) is 7.82 Å². The predicted molar refractivity (Wildman–Crippen MR) is 250 cm³/mol. The number of likely N-dealkylation sites (N-methyl/N-ethyl adjacent to an activating group) is 1. The first-order valence-electron chi connectivity index (χ1n) is 24.3. The number of ether oxygens (including phenoxy) is 2. The Balaban J connectivity index is 4.10. The van der Waals surface area contributed by atoms with Gasteiger partial charge < -0.3 is 27.9 Å². The summed E-state index contributed by atoms with van der Waals surface area (Å²) in [6, 6.07) is 0. The second-order valence-corrected chi connectivity index (χ2v) is 18.9. The highest BCUT2D eigenvalue weighted by atomic mass is 31.2. The Morgan fingerprint density at radius 3 is 1.42 bits per heavy atom. The van der Waals surface area contributed by atoms with E-state index in [4.69, 9.17) is 18.5 Å². The molecule has 0 aromatic carbocycles. The maximum atomic E-state index is 12.7. The number of rotatable bonds is 44. The zero-order valence-corrected chi connectivity index (χ0v) is 40.3. The summed E-state index contributed by atoms with van der Waals surface area (Å²) in [5.41, 5.74) is 0. The van der Waals surface area contributed by atoms with Gasteiger partial charge >= 0.3 is 11.9 Å². The number of esters is 2. The van der Waals surface area contributed by atoms with Gasteiger partial charge in [0.05, 0.1) is 27.7 Å². The zero-order valence-electron chi connectivity index (χ0n) is 39.4. The number of carbonyl (C=O) groups is 2. The standard InChI is InChI=1S/C50H92NO8P/c1-6-8-10-12-14-16-17-18-19-20-21-22-23-24-25-26-27-28-29-30-31-32-33-35-37-39-41-43-50(53)59-48(47-58-60(54,55)57-45-44-51(3,4)5)46-56-49(52)42-40-38-36-34-15-13-11-9-7-2/h8,10,14,16,18-19,21-22,48H,6-7,9,11-13,15,17,20,23-47H2,1-5H3/b10-8-,16-14-,19-18-,22-21-. The van der Waals surface area contributed by atoms with E-state index in [1.54, 1.807) is 0 Å². The molecule has 0 radical (unpaired) electrons. The van der Waals surface area contributed by atoms with Gasteiger partial charge in [-0.05, 0) is 51.4 Å². The van der Waals surface area contributed by atoms with Crippen LogP contribution in [0, 0.1) is 0 Å². The Bertz CT molecular complexity index is 1160. The van der Waals surface area contributed by atoms with Gasteiger partial charge in [-0.25, -0.2) is 0 Å². The van der Waals surface area contributed by atoms with Gasteiger partial charge in [0.1, 0.15) is 19.8 Å². The lowest BCUT2D eigenvalue weighted by Crippen LogP contribution is -2.37. The number of phosphoric acid groups is 1. The molecule has 0 N–H and O–H groups in total. The molecule has 0 aromatic rings. The molecule has 0 saturated heterocycles. The summed E-state index contributed by atoms with van der Waals surface area (Å²) < 4.78 is 33.9. The van der Waals surface area contributed by atoms with Crippen molar-refractivity contribution >= 4 is 19.8 Å². The van der Waals surface area contributed by atoms with Gasteiger partial charge in [-0.3, -0.25) is 14.2 Å². The number of quaternary nitrogens is 1. The molecule has 0 amide bonds. The third-order valence-corrected chi connectivity index (χ3v) is 11.3. The van der Waals surface area contributed by atoms with Crippen molar-refractivity contribution < 1.29 is 42.1 Å². The van der Waals surface area contributed by atoms with Crippen LogP contribution in [0.5, 0.6) is 0 Å². The lowest BCUT2D eigenvalue weighted by Gasteiger charge is -2.28. The Hall–Kier alpha value is -2.03. The SMILES string of the molecule is CC/C=C\C/C=C\C/C=C\C/C=C\CCCCCCCCCCCCCCCCC(=O)OC(COC(=O)CCCCCCCCCCC)COP(=O)([O-])OCC[N+](C)(C)C. The topological polar surface area (TPSA) is 111 Å². The summed E-state index contributed by atoms with van der Waals surface area (Å²) in [5, 5.41) is 0. The lowest BCUT2D eigenvalue weighted by atomic mass is 10.0. The minimum absolute atomic E-state index is 0.0303. The highest BCUT2D eigenvalue weighted by Crippen LogP contribution is 2.38. The van der Waals surface area contributed by atoms with Crippen LogP contribution < -0.4 is 4.89 Å². The highest BCUT2D eigenvalue weighted by molar-refractivity contribution is 7.45. The molecule has 0 aromatic heterocycles. The molecule has 0 aliphatic carbocycles. The Morgan fingerprint density at radius 2 is 0.950 bits per heavy atom. The molecule has 0 bridgehead atoms. The normalized spacial score (nSPS) is 13.9. The van der Waals surface area contributed by atoms with Crippen LogP contribution in [0.25, 0.3) is 0 Å². The van der Waals surface area contributed by atoms with E-state index in [1.807, 2.05) is 21.1 Å². The molecule has 10 heteroatoms. The lowest BCUT2D eigenvalue weighted by molar-refractivity contribution is -0.870. The second-order valence-electron chi connectivity index (χ2n) is 17.5. The first-order valence-corrected chi connectivity index (χ1v) is 25.8. The number of unbranched alkanes of at least 4 members (excludes halogenated alkanes) is 22. The van der Waals surface area contributed by atoms with Crippen LogP contribution in [0.3, 0.4) is 0 Å². The number of hydrogen-bond donors (Lipinski definition) is 0. The summed E-state index contributed by atoms with van der Waals surface area (Å²) in [4.78, 5) is 37.5. The van der Waals surface area contributed by atoms with Gasteiger partial charge in [-0.15, -0.1) is 0 Å². The van der Waals surface area contributed by atoms with E-state index < -0.39 is 26.5 Å². The largest absolute Gasteiger partial charge is 0.756 e. The first-order chi connectivity index (χ1) is 29.0. The Labute approximate surface area is 369 Å². The molecule has 60 heavy (non-hydrogen) atoms. The van der Waals surface area contributed by atoms with Crippen molar-refractivity contribution in [2.75, 3.05) is 47.5 Å². The monoisotopic (exact) mass is 866 g/mol. The van der Waals surface area contributed by atoms with Crippen LogP contribution in [-0.4, -0.2) is 70.0 Å².